The zero-order valence-corrected chi connectivity index (χ0v) is 27.5. The number of piperidine rings is 1. The molecule has 2 aromatic heterocycles. The Morgan fingerprint density at radius 3 is 2.59 bits per heavy atom. The van der Waals surface area contributed by atoms with Crippen LogP contribution in [-0.4, -0.2) is 71.2 Å². The number of fused-ring (bicyclic) bond motifs is 4. The van der Waals surface area contributed by atoms with Crippen LogP contribution in [-0.2, 0) is 16.0 Å². The summed E-state index contributed by atoms with van der Waals surface area (Å²) in [5.74, 6) is -0.553. The van der Waals surface area contributed by atoms with E-state index in [2.05, 4.69) is 31.2 Å². The first-order valence-electron chi connectivity index (χ1n) is 16.0. The maximum Gasteiger partial charge on any atom is 0.274 e. The van der Waals surface area contributed by atoms with E-state index in [4.69, 9.17) is 4.42 Å². The van der Waals surface area contributed by atoms with Crippen LogP contribution in [0.25, 0.3) is 0 Å². The minimum Gasteiger partial charge on any atom is -0.443 e. The molecule has 0 spiro atoms. The van der Waals surface area contributed by atoms with E-state index in [-0.39, 0.29) is 59.8 Å². The zero-order valence-electron chi connectivity index (χ0n) is 26.6. The van der Waals surface area contributed by atoms with Crippen LogP contribution in [0.1, 0.15) is 94.8 Å². The van der Waals surface area contributed by atoms with Crippen molar-refractivity contribution < 1.29 is 23.6 Å². The highest BCUT2D eigenvalue weighted by Crippen LogP contribution is 2.27. The molecule has 2 aliphatic heterocycles. The highest BCUT2D eigenvalue weighted by atomic mass is 32.1. The van der Waals surface area contributed by atoms with Gasteiger partial charge in [-0.25, -0.2) is 9.97 Å². The fraction of sp³-hybridized carbons (Fsp3) is 0.515. The van der Waals surface area contributed by atoms with E-state index in [0.717, 1.165) is 24.9 Å². The van der Waals surface area contributed by atoms with Crippen LogP contribution in [0, 0.1) is 18.8 Å². The van der Waals surface area contributed by atoms with Gasteiger partial charge in [0.15, 0.2) is 5.69 Å². The molecule has 12 nitrogen and oxygen atoms in total. The third kappa shape index (κ3) is 8.38. The fourth-order valence-corrected chi connectivity index (χ4v) is 6.85. The van der Waals surface area contributed by atoms with E-state index >= 15 is 0 Å². The van der Waals surface area contributed by atoms with Crippen LogP contribution in [0.5, 0.6) is 0 Å². The number of rotatable bonds is 4. The Labute approximate surface area is 273 Å². The van der Waals surface area contributed by atoms with E-state index < -0.39 is 18.0 Å². The predicted octanol–water partition coefficient (Wildman–Crippen LogP) is 3.32. The van der Waals surface area contributed by atoms with Crippen LogP contribution in [0.4, 0.5) is 0 Å². The van der Waals surface area contributed by atoms with Crippen molar-refractivity contribution in [1.29, 1.82) is 0 Å². The number of hydrogen-bond acceptors (Lipinski definition) is 9. The Balaban J connectivity index is 1.43. The first-order chi connectivity index (χ1) is 22.2. The lowest BCUT2D eigenvalue weighted by molar-refractivity contribution is -0.136. The summed E-state index contributed by atoms with van der Waals surface area (Å²) in [7, 11) is 0. The van der Waals surface area contributed by atoms with E-state index in [0.29, 0.717) is 43.2 Å². The van der Waals surface area contributed by atoms with Crippen molar-refractivity contribution in [2.24, 2.45) is 11.8 Å². The van der Waals surface area contributed by atoms with Gasteiger partial charge >= 0.3 is 0 Å². The lowest BCUT2D eigenvalue weighted by atomic mass is 9.98. The summed E-state index contributed by atoms with van der Waals surface area (Å²) in [4.78, 5) is 64.2. The number of hydrogen-bond donors (Lipinski definition) is 4. The van der Waals surface area contributed by atoms with Gasteiger partial charge in [0.05, 0.1) is 12.0 Å². The summed E-state index contributed by atoms with van der Waals surface area (Å²) >= 11 is 1.30. The lowest BCUT2D eigenvalue weighted by Gasteiger charge is -2.30. The van der Waals surface area contributed by atoms with Gasteiger partial charge in [0, 0.05) is 44.4 Å². The van der Waals surface area contributed by atoms with E-state index in [9.17, 15) is 19.2 Å². The molecule has 2 aliphatic rings. The number of nitrogens with zero attached hydrogens (tertiary/aromatic N) is 3. The minimum absolute atomic E-state index is 0.0280. The number of aryl methyl sites for hydroxylation is 1. The smallest absolute Gasteiger partial charge is 0.274 e. The Bertz CT molecular complexity index is 1520. The van der Waals surface area contributed by atoms with Gasteiger partial charge in [0.25, 0.3) is 11.8 Å². The number of thiazole rings is 1. The van der Waals surface area contributed by atoms with Gasteiger partial charge in [-0.05, 0) is 44.2 Å². The minimum atomic E-state index is -0.607. The Hall–Kier alpha value is -4.10. The van der Waals surface area contributed by atoms with Crippen molar-refractivity contribution in [3.05, 3.63) is 69.3 Å². The van der Waals surface area contributed by atoms with Crippen LogP contribution in [0.15, 0.2) is 40.1 Å². The second-order valence-electron chi connectivity index (χ2n) is 12.3. The molecule has 0 radical (unpaired) electrons. The summed E-state index contributed by atoms with van der Waals surface area (Å²) in [6.07, 6.45) is 2.77. The van der Waals surface area contributed by atoms with Gasteiger partial charge in [-0.15, -0.1) is 11.3 Å². The maximum absolute atomic E-state index is 13.5. The Morgan fingerprint density at radius 2 is 1.85 bits per heavy atom. The molecule has 3 atom stereocenters. The highest BCUT2D eigenvalue weighted by Gasteiger charge is 2.30. The number of oxazole rings is 1. The van der Waals surface area contributed by atoms with Gasteiger partial charge in [0.1, 0.15) is 22.5 Å². The molecule has 3 aromatic rings. The average molecular weight is 650 g/mol. The summed E-state index contributed by atoms with van der Waals surface area (Å²) < 4.78 is 6.01. The number of carbonyl (C=O) groups excluding carboxylic acids is 4. The van der Waals surface area contributed by atoms with Gasteiger partial charge < -0.3 is 30.6 Å². The van der Waals surface area contributed by atoms with Crippen molar-refractivity contribution in [2.75, 3.05) is 32.7 Å². The molecule has 4 heterocycles. The molecule has 46 heavy (non-hydrogen) atoms. The van der Waals surface area contributed by atoms with Gasteiger partial charge in [-0.3, -0.25) is 19.2 Å². The number of aromatic nitrogens is 2. The lowest BCUT2D eigenvalue weighted by Crippen LogP contribution is -2.46. The van der Waals surface area contributed by atoms with Crippen LogP contribution < -0.4 is 21.3 Å². The monoisotopic (exact) mass is 649 g/mol. The quantitative estimate of drug-likeness (QED) is 0.335. The molecule has 4 N–H and O–H groups in total. The molecule has 246 valence electrons. The fourth-order valence-electron chi connectivity index (χ4n) is 5.83. The van der Waals surface area contributed by atoms with E-state index in [1.807, 2.05) is 44.2 Å². The van der Waals surface area contributed by atoms with E-state index in [1.165, 1.54) is 11.3 Å². The zero-order chi connectivity index (χ0) is 32.6. The van der Waals surface area contributed by atoms with E-state index in [1.54, 1.807) is 17.2 Å². The molecule has 0 unspecified atom stereocenters. The Morgan fingerprint density at radius 1 is 1.04 bits per heavy atom. The largest absolute Gasteiger partial charge is 0.443 e. The summed E-state index contributed by atoms with van der Waals surface area (Å²) in [5.41, 5.74) is 1.36. The number of benzene rings is 1. The normalized spacial score (nSPS) is 22.1. The highest BCUT2D eigenvalue weighted by molar-refractivity contribution is 7.09. The average Bonchev–Trinajstić information content (AvgIpc) is 3.70. The molecular weight excluding hydrogens is 606 g/mol. The predicted molar refractivity (Wildman–Crippen MR) is 173 cm³/mol. The second kappa shape index (κ2) is 15.5. The van der Waals surface area contributed by atoms with Crippen molar-refractivity contribution in [2.45, 2.75) is 65.0 Å². The van der Waals surface area contributed by atoms with Crippen molar-refractivity contribution in [3.8, 4) is 0 Å². The maximum atomic E-state index is 13.5. The molecule has 5 rings (SSSR count). The van der Waals surface area contributed by atoms with Crippen molar-refractivity contribution in [3.63, 3.8) is 0 Å². The molecule has 1 saturated heterocycles. The number of nitrogens with one attached hydrogen (secondary N) is 4. The molecule has 1 aromatic carbocycles. The summed E-state index contributed by atoms with van der Waals surface area (Å²) in [5, 5.41) is 14.6. The molecule has 1 fully saturated rings. The third-order valence-electron chi connectivity index (χ3n) is 8.38. The SMILES string of the molecule is Cc1oc2nc1C(=O)N[C@@H](C(C)C)c1nc(cs1)C(=O)NCCN(C(=O)[C@H]1CCCNC1)CCCC(=O)N[C@H]2Cc1ccccc1. The van der Waals surface area contributed by atoms with Gasteiger partial charge in [-0.1, -0.05) is 44.2 Å². The molecule has 13 heteroatoms. The van der Waals surface area contributed by atoms with Gasteiger partial charge in [0.2, 0.25) is 17.7 Å². The Kier molecular flexibility index (Phi) is 11.2. The first kappa shape index (κ1) is 33.3. The van der Waals surface area contributed by atoms with Crippen LogP contribution >= 0.6 is 11.3 Å². The third-order valence-corrected chi connectivity index (χ3v) is 9.30. The molecule has 0 saturated carbocycles. The van der Waals surface area contributed by atoms with Crippen LogP contribution in [0.2, 0.25) is 0 Å². The van der Waals surface area contributed by atoms with Gasteiger partial charge in [-0.2, -0.15) is 0 Å². The molecule has 4 amide bonds. The topological polar surface area (TPSA) is 159 Å². The van der Waals surface area contributed by atoms with Crippen molar-refractivity contribution in [1.82, 2.24) is 36.1 Å². The van der Waals surface area contributed by atoms with Crippen molar-refractivity contribution >= 4 is 35.0 Å². The molecule has 0 aliphatic carbocycles. The summed E-state index contributed by atoms with van der Waals surface area (Å²) in [6, 6.07) is 8.62. The number of amides is 4. The van der Waals surface area contributed by atoms with Crippen LogP contribution in [0.3, 0.4) is 0 Å². The molecule has 4 bridgehead atoms. The first-order valence-corrected chi connectivity index (χ1v) is 16.9. The standard InChI is InChI=1S/C33H43N7O5S/c1-20(2)27-32-37-25(19-46-32)29(42)35-14-16-40(33(44)23-11-7-13-34-18-23)15-8-12-26(41)36-24(17-22-9-5-4-6-10-22)31-39-28(21(3)45-31)30(43)38-27/h4-6,9-10,19-20,23-24,27,34H,7-8,11-18H2,1-3H3,(H,35,42)(H,36,41)(H,38,43)/t23-,24-,27-/m0/s1. The summed E-state index contributed by atoms with van der Waals surface area (Å²) in [6.45, 7) is 8.06. The second-order valence-corrected chi connectivity index (χ2v) is 13.2. The molecular formula is C33H43N7O5S. The number of carbonyl (C=O) groups is 4.